The molecule has 132 valence electrons. The van der Waals surface area contributed by atoms with Crippen LogP contribution in [0.5, 0.6) is 0 Å². The second kappa shape index (κ2) is 9.34. The number of nitrogens with two attached hydrogens (primary N) is 1. The first-order chi connectivity index (χ1) is 11.6. The van der Waals surface area contributed by atoms with Crippen molar-refractivity contribution < 1.29 is 18.7 Å². The van der Waals surface area contributed by atoms with Gasteiger partial charge in [0, 0.05) is 31.9 Å². The molecule has 1 unspecified atom stereocenters. The highest BCUT2D eigenvalue weighted by Gasteiger charge is 2.26. The summed E-state index contributed by atoms with van der Waals surface area (Å²) in [5, 5.41) is 5.47. The van der Waals surface area contributed by atoms with E-state index in [0.717, 1.165) is 12.8 Å². The van der Waals surface area contributed by atoms with Crippen LogP contribution in [0.15, 0.2) is 24.3 Å². The van der Waals surface area contributed by atoms with Gasteiger partial charge in [0.2, 0.25) is 5.91 Å². The van der Waals surface area contributed by atoms with Gasteiger partial charge in [-0.15, -0.1) is 0 Å². The minimum absolute atomic E-state index is 0.159. The Morgan fingerprint density at radius 2 is 1.96 bits per heavy atom. The first kappa shape index (κ1) is 18.4. The second-order valence-electron chi connectivity index (χ2n) is 5.89. The number of carbonyl (C=O) groups excluding carboxylic acids is 2. The molecule has 1 aromatic rings. The van der Waals surface area contributed by atoms with Crippen molar-refractivity contribution in [3.63, 3.8) is 0 Å². The summed E-state index contributed by atoms with van der Waals surface area (Å²) >= 11 is 0. The minimum atomic E-state index is -0.518. The molecule has 2 amide bonds. The lowest BCUT2D eigenvalue weighted by atomic mass is 9.92. The van der Waals surface area contributed by atoms with Crippen LogP contribution in [-0.4, -0.2) is 44.2 Å². The molecule has 7 heteroatoms. The summed E-state index contributed by atoms with van der Waals surface area (Å²) in [4.78, 5) is 23.8. The highest BCUT2D eigenvalue weighted by Crippen LogP contribution is 2.17. The van der Waals surface area contributed by atoms with Crippen LogP contribution in [-0.2, 0) is 9.53 Å². The largest absolute Gasteiger partial charge is 0.381 e. The summed E-state index contributed by atoms with van der Waals surface area (Å²) in [5.41, 5.74) is 6.25. The summed E-state index contributed by atoms with van der Waals surface area (Å²) < 4.78 is 18.3. The lowest BCUT2D eigenvalue weighted by Gasteiger charge is -2.26. The molecule has 1 saturated heterocycles. The third-order valence-corrected chi connectivity index (χ3v) is 4.10. The van der Waals surface area contributed by atoms with E-state index in [-0.39, 0.29) is 23.3 Å². The number of hydrogen-bond donors (Lipinski definition) is 3. The minimum Gasteiger partial charge on any atom is -0.381 e. The van der Waals surface area contributed by atoms with E-state index in [0.29, 0.717) is 32.7 Å². The van der Waals surface area contributed by atoms with Crippen LogP contribution in [0.2, 0.25) is 0 Å². The summed E-state index contributed by atoms with van der Waals surface area (Å²) in [6, 6.07) is 4.99. The van der Waals surface area contributed by atoms with Gasteiger partial charge in [0.25, 0.3) is 5.91 Å². The average Bonchev–Trinajstić information content (AvgIpc) is 2.61. The van der Waals surface area contributed by atoms with Crippen molar-refractivity contribution >= 4 is 11.8 Å². The fourth-order valence-electron chi connectivity index (χ4n) is 2.64. The average molecular weight is 337 g/mol. The molecule has 2 rings (SSSR count). The predicted octanol–water partition coefficient (Wildman–Crippen LogP) is 0.816. The van der Waals surface area contributed by atoms with Gasteiger partial charge >= 0.3 is 0 Å². The Hall–Kier alpha value is -1.99. The van der Waals surface area contributed by atoms with Crippen molar-refractivity contribution in [2.75, 3.05) is 26.3 Å². The number of halogens is 1. The molecule has 0 spiro atoms. The second-order valence-corrected chi connectivity index (χ2v) is 5.89. The molecule has 24 heavy (non-hydrogen) atoms. The van der Waals surface area contributed by atoms with Crippen LogP contribution in [0.3, 0.4) is 0 Å². The number of hydrogen-bond acceptors (Lipinski definition) is 4. The summed E-state index contributed by atoms with van der Waals surface area (Å²) in [6.45, 7) is 2.12. The normalized spacial score (nSPS) is 16.4. The fraction of sp³-hybridized carbons (Fsp3) is 0.529. The Morgan fingerprint density at radius 1 is 1.25 bits per heavy atom. The molecule has 6 nitrogen and oxygen atoms in total. The first-order valence-electron chi connectivity index (χ1n) is 8.22. The van der Waals surface area contributed by atoms with E-state index in [1.807, 2.05) is 0 Å². The molecule has 1 atom stereocenters. The van der Waals surface area contributed by atoms with Gasteiger partial charge in [-0.2, -0.15) is 0 Å². The zero-order valence-corrected chi connectivity index (χ0v) is 13.6. The molecule has 1 aliphatic heterocycles. The number of ether oxygens (including phenoxy) is 1. The van der Waals surface area contributed by atoms with Gasteiger partial charge in [0.05, 0.1) is 6.04 Å². The molecule has 0 radical (unpaired) electrons. The van der Waals surface area contributed by atoms with Gasteiger partial charge in [-0.25, -0.2) is 4.39 Å². The standard InChI is InChI=1S/C17H24FN3O3/c18-14-4-1-3-13(11-14)16(22)20-7-2-8-21-17(23)15(19)12-5-9-24-10-6-12/h1,3-4,11-12,15H,2,5-10,19H2,(H,20,22)(H,21,23). The Kier molecular flexibility index (Phi) is 7.14. The maximum atomic E-state index is 13.0. The zero-order valence-electron chi connectivity index (χ0n) is 13.6. The van der Waals surface area contributed by atoms with E-state index >= 15 is 0 Å². The number of nitrogens with one attached hydrogen (secondary N) is 2. The van der Waals surface area contributed by atoms with Gasteiger partial charge in [-0.3, -0.25) is 9.59 Å². The molecule has 0 bridgehead atoms. The monoisotopic (exact) mass is 337 g/mol. The van der Waals surface area contributed by atoms with Crippen LogP contribution in [0.4, 0.5) is 4.39 Å². The van der Waals surface area contributed by atoms with Gasteiger partial charge in [0.1, 0.15) is 5.82 Å². The predicted molar refractivity (Wildman–Crippen MR) is 87.9 cm³/mol. The van der Waals surface area contributed by atoms with Crippen LogP contribution in [0, 0.1) is 11.7 Å². The van der Waals surface area contributed by atoms with Crippen LogP contribution in [0.1, 0.15) is 29.6 Å². The van der Waals surface area contributed by atoms with Gasteiger partial charge in [-0.1, -0.05) is 6.07 Å². The molecule has 0 saturated carbocycles. The Balaban J connectivity index is 1.62. The third-order valence-electron chi connectivity index (χ3n) is 4.10. The van der Waals surface area contributed by atoms with Crippen LogP contribution in [0.25, 0.3) is 0 Å². The Morgan fingerprint density at radius 3 is 2.67 bits per heavy atom. The van der Waals surface area contributed by atoms with Crippen molar-refractivity contribution in [3.8, 4) is 0 Å². The molecule has 4 N–H and O–H groups in total. The number of benzene rings is 1. The molecule has 0 aliphatic carbocycles. The zero-order chi connectivity index (χ0) is 17.4. The van der Waals surface area contributed by atoms with E-state index in [2.05, 4.69) is 10.6 Å². The maximum Gasteiger partial charge on any atom is 0.251 e. The van der Waals surface area contributed by atoms with E-state index in [1.54, 1.807) is 6.07 Å². The Labute approximate surface area is 140 Å². The molecular weight excluding hydrogens is 313 g/mol. The van der Waals surface area contributed by atoms with E-state index in [9.17, 15) is 14.0 Å². The van der Waals surface area contributed by atoms with Crippen molar-refractivity contribution in [3.05, 3.63) is 35.6 Å². The topological polar surface area (TPSA) is 93.5 Å². The number of amides is 2. The van der Waals surface area contributed by atoms with Crippen molar-refractivity contribution in [2.45, 2.75) is 25.3 Å². The number of carbonyl (C=O) groups is 2. The molecule has 1 fully saturated rings. The Bertz CT molecular complexity index is 562. The third kappa shape index (κ3) is 5.58. The van der Waals surface area contributed by atoms with Crippen molar-refractivity contribution in [1.29, 1.82) is 0 Å². The maximum absolute atomic E-state index is 13.0. The quantitative estimate of drug-likeness (QED) is 0.642. The lowest BCUT2D eigenvalue weighted by Crippen LogP contribution is -2.47. The summed E-state index contributed by atoms with van der Waals surface area (Å²) in [6.07, 6.45) is 2.18. The van der Waals surface area contributed by atoms with Gasteiger partial charge in [-0.05, 0) is 43.4 Å². The highest BCUT2D eigenvalue weighted by atomic mass is 19.1. The SMILES string of the molecule is NC(C(=O)NCCCNC(=O)c1cccc(F)c1)C1CCOCC1. The van der Waals surface area contributed by atoms with E-state index < -0.39 is 11.9 Å². The molecular formula is C17H24FN3O3. The van der Waals surface area contributed by atoms with Crippen LogP contribution >= 0.6 is 0 Å². The van der Waals surface area contributed by atoms with Crippen LogP contribution < -0.4 is 16.4 Å². The molecule has 1 aliphatic rings. The van der Waals surface area contributed by atoms with Crippen molar-refractivity contribution in [2.24, 2.45) is 11.7 Å². The van der Waals surface area contributed by atoms with Crippen molar-refractivity contribution in [1.82, 2.24) is 10.6 Å². The fourth-order valence-corrected chi connectivity index (χ4v) is 2.64. The number of rotatable bonds is 7. The lowest BCUT2D eigenvalue weighted by molar-refractivity contribution is -0.124. The van der Waals surface area contributed by atoms with E-state index in [1.165, 1.54) is 18.2 Å². The van der Waals surface area contributed by atoms with E-state index in [4.69, 9.17) is 10.5 Å². The molecule has 1 heterocycles. The summed E-state index contributed by atoms with van der Waals surface area (Å²) in [7, 11) is 0. The van der Waals surface area contributed by atoms with Gasteiger partial charge < -0.3 is 21.1 Å². The molecule has 1 aromatic carbocycles. The van der Waals surface area contributed by atoms with Gasteiger partial charge in [0.15, 0.2) is 0 Å². The highest BCUT2D eigenvalue weighted by molar-refractivity contribution is 5.94. The first-order valence-corrected chi connectivity index (χ1v) is 8.22. The smallest absolute Gasteiger partial charge is 0.251 e. The molecule has 0 aromatic heterocycles. The summed E-state index contributed by atoms with van der Waals surface area (Å²) in [5.74, 6) is -0.790.